The fourth-order valence-electron chi connectivity index (χ4n) is 2.21. The Labute approximate surface area is 132 Å². The zero-order valence-corrected chi connectivity index (χ0v) is 12.9. The van der Waals surface area contributed by atoms with Gasteiger partial charge in [0.05, 0.1) is 18.5 Å². The fraction of sp³-hybridized carbons (Fsp3) is 0.133. The topological polar surface area (TPSA) is 78.9 Å². The Kier molecular flexibility index (Phi) is 3.68. The minimum atomic E-state index is 0.525. The first-order chi connectivity index (χ1) is 10.6. The van der Waals surface area contributed by atoms with Crippen LogP contribution in [0.2, 0.25) is 5.02 Å². The number of nitrogen functional groups attached to an aromatic ring is 1. The molecule has 0 fully saturated rings. The van der Waals surface area contributed by atoms with Gasteiger partial charge in [0.2, 0.25) is 0 Å². The standard InChI is InChI=1S/C15H14ClN5O/c1-9-3-5-11(16)8-13(9)21-15(18-19-20-21)10-4-6-14(22-2)12(17)7-10/h3-8H,17H2,1-2H3. The number of methoxy groups -OCH3 is 1. The van der Waals surface area contributed by atoms with Gasteiger partial charge in [-0.15, -0.1) is 5.10 Å². The van der Waals surface area contributed by atoms with Crippen LogP contribution in [0, 0.1) is 6.92 Å². The van der Waals surface area contributed by atoms with E-state index in [4.69, 9.17) is 22.1 Å². The molecule has 2 N–H and O–H groups in total. The summed E-state index contributed by atoms with van der Waals surface area (Å²) in [6.45, 7) is 1.97. The zero-order chi connectivity index (χ0) is 15.7. The Morgan fingerprint density at radius 2 is 2.00 bits per heavy atom. The maximum Gasteiger partial charge on any atom is 0.187 e. The van der Waals surface area contributed by atoms with Gasteiger partial charge in [0.25, 0.3) is 0 Å². The number of benzene rings is 2. The molecule has 0 radical (unpaired) electrons. The molecular weight excluding hydrogens is 302 g/mol. The van der Waals surface area contributed by atoms with Gasteiger partial charge in [-0.05, 0) is 53.2 Å². The van der Waals surface area contributed by atoms with Crippen molar-refractivity contribution in [2.75, 3.05) is 12.8 Å². The molecule has 0 unspecified atom stereocenters. The highest BCUT2D eigenvalue weighted by atomic mass is 35.5. The van der Waals surface area contributed by atoms with E-state index in [1.807, 2.05) is 31.2 Å². The van der Waals surface area contributed by atoms with Crippen molar-refractivity contribution in [2.24, 2.45) is 0 Å². The zero-order valence-electron chi connectivity index (χ0n) is 12.1. The lowest BCUT2D eigenvalue weighted by atomic mass is 10.1. The van der Waals surface area contributed by atoms with Crippen LogP contribution in [0.1, 0.15) is 5.56 Å². The quantitative estimate of drug-likeness (QED) is 0.752. The molecule has 3 aromatic rings. The molecule has 0 aliphatic rings. The summed E-state index contributed by atoms with van der Waals surface area (Å²) >= 11 is 6.08. The van der Waals surface area contributed by atoms with Gasteiger partial charge >= 0.3 is 0 Å². The normalized spacial score (nSPS) is 10.7. The smallest absolute Gasteiger partial charge is 0.187 e. The van der Waals surface area contributed by atoms with Crippen molar-refractivity contribution in [3.05, 3.63) is 47.0 Å². The maximum absolute atomic E-state index is 6.08. The number of halogens is 1. The van der Waals surface area contributed by atoms with Gasteiger partial charge in [0.1, 0.15) is 5.75 Å². The van der Waals surface area contributed by atoms with E-state index < -0.39 is 0 Å². The molecule has 0 aliphatic heterocycles. The number of anilines is 1. The Bertz CT molecular complexity index is 831. The number of tetrazole rings is 1. The van der Waals surface area contributed by atoms with Gasteiger partial charge in [0.15, 0.2) is 5.82 Å². The highest BCUT2D eigenvalue weighted by Crippen LogP contribution is 2.29. The molecule has 0 aliphatic carbocycles. The van der Waals surface area contributed by atoms with E-state index in [1.54, 1.807) is 23.9 Å². The SMILES string of the molecule is COc1ccc(-c2nnnn2-c2cc(Cl)ccc2C)cc1N. The second-order valence-corrected chi connectivity index (χ2v) is 5.24. The average Bonchev–Trinajstić information content (AvgIpc) is 2.99. The number of rotatable bonds is 3. The third-order valence-electron chi connectivity index (χ3n) is 3.36. The summed E-state index contributed by atoms with van der Waals surface area (Å²) in [5, 5.41) is 12.5. The molecule has 0 atom stereocenters. The molecule has 3 rings (SSSR count). The largest absolute Gasteiger partial charge is 0.495 e. The van der Waals surface area contributed by atoms with Crippen LogP contribution < -0.4 is 10.5 Å². The first-order valence-electron chi connectivity index (χ1n) is 6.59. The van der Waals surface area contributed by atoms with Crippen molar-refractivity contribution in [3.8, 4) is 22.8 Å². The fourth-order valence-corrected chi connectivity index (χ4v) is 2.38. The molecule has 2 aromatic carbocycles. The summed E-state index contributed by atoms with van der Waals surface area (Å²) in [4.78, 5) is 0. The van der Waals surface area contributed by atoms with E-state index in [1.165, 1.54) is 0 Å². The average molecular weight is 316 g/mol. The van der Waals surface area contributed by atoms with Crippen LogP contribution in [0.4, 0.5) is 5.69 Å². The molecule has 0 spiro atoms. The Morgan fingerprint density at radius 3 is 2.73 bits per heavy atom. The Balaban J connectivity index is 2.13. The van der Waals surface area contributed by atoms with Crippen LogP contribution in [0.3, 0.4) is 0 Å². The Hall–Kier alpha value is -2.60. The van der Waals surface area contributed by atoms with Crippen molar-refractivity contribution in [3.63, 3.8) is 0 Å². The first-order valence-corrected chi connectivity index (χ1v) is 6.96. The monoisotopic (exact) mass is 315 g/mol. The third-order valence-corrected chi connectivity index (χ3v) is 3.59. The summed E-state index contributed by atoms with van der Waals surface area (Å²) in [6.07, 6.45) is 0. The van der Waals surface area contributed by atoms with E-state index in [2.05, 4.69) is 15.5 Å². The van der Waals surface area contributed by atoms with Gasteiger partial charge in [-0.3, -0.25) is 0 Å². The third kappa shape index (κ3) is 2.48. The molecular formula is C15H14ClN5O. The van der Waals surface area contributed by atoms with E-state index in [0.29, 0.717) is 22.3 Å². The Morgan fingerprint density at radius 1 is 1.18 bits per heavy atom. The van der Waals surface area contributed by atoms with Crippen molar-refractivity contribution < 1.29 is 4.74 Å². The lowest BCUT2D eigenvalue weighted by molar-refractivity contribution is 0.417. The van der Waals surface area contributed by atoms with E-state index in [-0.39, 0.29) is 0 Å². The van der Waals surface area contributed by atoms with Gasteiger partial charge in [-0.25, -0.2) is 0 Å². The number of aryl methyl sites for hydroxylation is 1. The number of nitrogens with two attached hydrogens (primary N) is 1. The van der Waals surface area contributed by atoms with Crippen molar-refractivity contribution in [1.29, 1.82) is 0 Å². The number of hydrogen-bond donors (Lipinski definition) is 1. The molecule has 0 saturated carbocycles. The molecule has 6 nitrogen and oxygen atoms in total. The number of hydrogen-bond acceptors (Lipinski definition) is 5. The van der Waals surface area contributed by atoms with Crippen LogP contribution in [-0.4, -0.2) is 27.3 Å². The van der Waals surface area contributed by atoms with Crippen LogP contribution >= 0.6 is 11.6 Å². The number of ether oxygens (including phenoxy) is 1. The lowest BCUT2D eigenvalue weighted by Crippen LogP contribution is -2.02. The van der Waals surface area contributed by atoms with Gasteiger partial charge in [-0.2, -0.15) is 4.68 Å². The van der Waals surface area contributed by atoms with Crippen molar-refractivity contribution in [1.82, 2.24) is 20.2 Å². The molecule has 0 bridgehead atoms. The molecule has 1 heterocycles. The van der Waals surface area contributed by atoms with Gasteiger partial charge in [-0.1, -0.05) is 17.7 Å². The van der Waals surface area contributed by atoms with Crippen LogP contribution in [0.15, 0.2) is 36.4 Å². The van der Waals surface area contributed by atoms with Crippen molar-refractivity contribution in [2.45, 2.75) is 6.92 Å². The second kappa shape index (κ2) is 5.65. The molecule has 112 valence electrons. The molecule has 7 heteroatoms. The molecule has 1 aromatic heterocycles. The van der Waals surface area contributed by atoms with Crippen LogP contribution in [0.5, 0.6) is 5.75 Å². The summed E-state index contributed by atoms with van der Waals surface area (Å²) in [6, 6.07) is 11.0. The highest BCUT2D eigenvalue weighted by molar-refractivity contribution is 6.30. The summed E-state index contributed by atoms with van der Waals surface area (Å²) in [5.74, 6) is 1.20. The second-order valence-electron chi connectivity index (χ2n) is 4.80. The molecule has 0 saturated heterocycles. The maximum atomic E-state index is 6.08. The van der Waals surface area contributed by atoms with Crippen molar-refractivity contribution >= 4 is 17.3 Å². The number of nitrogens with zero attached hydrogens (tertiary/aromatic N) is 4. The molecule has 22 heavy (non-hydrogen) atoms. The van der Waals surface area contributed by atoms with Crippen LogP contribution in [-0.2, 0) is 0 Å². The predicted octanol–water partition coefficient (Wildman–Crippen LogP) is 2.88. The van der Waals surface area contributed by atoms with E-state index in [0.717, 1.165) is 16.8 Å². The lowest BCUT2D eigenvalue weighted by Gasteiger charge is -2.10. The highest BCUT2D eigenvalue weighted by Gasteiger charge is 2.14. The first kappa shape index (κ1) is 14.3. The van der Waals surface area contributed by atoms with Crippen LogP contribution in [0.25, 0.3) is 17.1 Å². The van der Waals surface area contributed by atoms with E-state index >= 15 is 0 Å². The minimum Gasteiger partial charge on any atom is -0.495 e. The summed E-state index contributed by atoms with van der Waals surface area (Å²) in [7, 11) is 1.57. The van der Waals surface area contributed by atoms with Gasteiger partial charge in [0, 0.05) is 10.6 Å². The summed E-state index contributed by atoms with van der Waals surface area (Å²) < 4.78 is 6.81. The van der Waals surface area contributed by atoms with E-state index in [9.17, 15) is 0 Å². The number of aromatic nitrogens is 4. The predicted molar refractivity (Wildman–Crippen MR) is 85.3 cm³/mol. The van der Waals surface area contributed by atoms with Gasteiger partial charge < -0.3 is 10.5 Å². The molecule has 0 amide bonds. The minimum absolute atomic E-state index is 0.525. The summed E-state index contributed by atoms with van der Waals surface area (Å²) in [5.41, 5.74) is 9.11.